The predicted octanol–water partition coefficient (Wildman–Crippen LogP) is 2.67. The van der Waals surface area contributed by atoms with Crippen LogP contribution in [0.2, 0.25) is 0 Å². The summed E-state index contributed by atoms with van der Waals surface area (Å²) in [7, 11) is 0. The van der Waals surface area contributed by atoms with Gasteiger partial charge in [0, 0.05) is 17.5 Å². The van der Waals surface area contributed by atoms with E-state index in [0.717, 1.165) is 24.5 Å². The molecule has 2 nitrogen and oxygen atoms in total. The molecule has 0 aliphatic heterocycles. The molecule has 2 N–H and O–H groups in total. The summed E-state index contributed by atoms with van der Waals surface area (Å²) in [6, 6.07) is 10.8. The number of hydrogen-bond donors (Lipinski definition) is 2. The fourth-order valence-electron chi connectivity index (χ4n) is 1.80. The molecule has 0 radical (unpaired) electrons. The lowest BCUT2D eigenvalue weighted by molar-refractivity contribution is 0.175. The van der Waals surface area contributed by atoms with Crippen LogP contribution in [0.15, 0.2) is 30.3 Å². The highest BCUT2D eigenvalue weighted by Crippen LogP contribution is 2.14. The third kappa shape index (κ3) is 6.71. The maximum absolute atomic E-state index is 9.86. The van der Waals surface area contributed by atoms with E-state index < -0.39 is 0 Å². The normalized spacial score (nSPS) is 14.5. The van der Waals surface area contributed by atoms with Gasteiger partial charge in [-0.2, -0.15) is 11.8 Å². The second-order valence-electron chi connectivity index (χ2n) is 4.35. The summed E-state index contributed by atoms with van der Waals surface area (Å²) in [5, 5.41) is 13.2. The molecule has 0 fully saturated rings. The second kappa shape index (κ2) is 8.56. The van der Waals surface area contributed by atoms with Gasteiger partial charge in [0.15, 0.2) is 0 Å². The van der Waals surface area contributed by atoms with Crippen LogP contribution in [0.25, 0.3) is 0 Å². The Morgan fingerprint density at radius 2 is 2.00 bits per heavy atom. The molecule has 1 aromatic rings. The molecule has 17 heavy (non-hydrogen) atoms. The second-order valence-corrected chi connectivity index (χ2v) is 5.38. The van der Waals surface area contributed by atoms with Crippen molar-refractivity contribution < 1.29 is 5.11 Å². The maximum atomic E-state index is 9.86. The van der Waals surface area contributed by atoms with Gasteiger partial charge in [-0.15, -0.1) is 0 Å². The van der Waals surface area contributed by atoms with Gasteiger partial charge < -0.3 is 10.4 Å². The minimum atomic E-state index is -0.210. The summed E-state index contributed by atoms with van der Waals surface area (Å²) >= 11 is 1.80. The number of aliphatic hydroxyl groups is 1. The average molecular weight is 253 g/mol. The fourth-order valence-corrected chi connectivity index (χ4v) is 2.75. The van der Waals surface area contributed by atoms with Gasteiger partial charge in [0.25, 0.3) is 0 Å². The van der Waals surface area contributed by atoms with Crippen LogP contribution in [-0.2, 0) is 5.75 Å². The summed E-state index contributed by atoms with van der Waals surface area (Å²) in [6.45, 7) is 5.17. The van der Waals surface area contributed by atoms with E-state index in [2.05, 4.69) is 43.4 Å². The van der Waals surface area contributed by atoms with Crippen molar-refractivity contribution in [3.05, 3.63) is 35.9 Å². The molecule has 0 spiro atoms. The first kappa shape index (κ1) is 14.6. The van der Waals surface area contributed by atoms with Gasteiger partial charge in [-0.05, 0) is 25.5 Å². The maximum Gasteiger partial charge on any atom is 0.0645 e. The first-order chi connectivity index (χ1) is 8.22. The van der Waals surface area contributed by atoms with Gasteiger partial charge in [-0.25, -0.2) is 0 Å². The number of benzene rings is 1. The van der Waals surface area contributed by atoms with Crippen molar-refractivity contribution in [3.63, 3.8) is 0 Å². The number of aliphatic hydroxyl groups excluding tert-OH is 1. The van der Waals surface area contributed by atoms with Crippen molar-refractivity contribution in [3.8, 4) is 0 Å². The Morgan fingerprint density at radius 3 is 2.65 bits per heavy atom. The van der Waals surface area contributed by atoms with Crippen LogP contribution in [0.1, 0.15) is 25.8 Å². The highest BCUT2D eigenvalue weighted by atomic mass is 32.2. The lowest BCUT2D eigenvalue weighted by atomic mass is 10.1. The summed E-state index contributed by atoms with van der Waals surface area (Å²) in [6.07, 6.45) is 0.619. The third-order valence-corrected chi connectivity index (χ3v) is 3.76. The summed E-state index contributed by atoms with van der Waals surface area (Å²) in [5.74, 6) is 1.79. The van der Waals surface area contributed by atoms with Crippen LogP contribution in [0.4, 0.5) is 0 Å². The van der Waals surface area contributed by atoms with E-state index in [0.29, 0.717) is 6.04 Å². The Kier molecular flexibility index (Phi) is 7.33. The van der Waals surface area contributed by atoms with Gasteiger partial charge in [-0.3, -0.25) is 0 Å². The first-order valence-corrected chi connectivity index (χ1v) is 7.41. The molecule has 1 aromatic carbocycles. The summed E-state index contributed by atoms with van der Waals surface area (Å²) in [4.78, 5) is 0. The molecule has 2 unspecified atom stereocenters. The number of hydrogen-bond acceptors (Lipinski definition) is 3. The Hall–Kier alpha value is -0.510. The molecular weight excluding hydrogens is 230 g/mol. The Balaban J connectivity index is 2.14. The highest BCUT2D eigenvalue weighted by Gasteiger charge is 2.09. The fraction of sp³-hybridized carbons (Fsp3) is 0.571. The van der Waals surface area contributed by atoms with Crippen LogP contribution in [0.3, 0.4) is 0 Å². The Bertz CT molecular complexity index is 292. The lowest BCUT2D eigenvalue weighted by Crippen LogP contribution is -2.30. The molecule has 0 heterocycles. The van der Waals surface area contributed by atoms with E-state index >= 15 is 0 Å². The van der Waals surface area contributed by atoms with Crippen molar-refractivity contribution in [2.75, 3.05) is 12.3 Å². The molecule has 1 rings (SSSR count). The smallest absolute Gasteiger partial charge is 0.0645 e. The van der Waals surface area contributed by atoms with E-state index in [9.17, 15) is 5.11 Å². The number of nitrogens with one attached hydrogen (secondary N) is 1. The highest BCUT2D eigenvalue weighted by molar-refractivity contribution is 7.98. The van der Waals surface area contributed by atoms with E-state index in [4.69, 9.17) is 0 Å². The predicted molar refractivity (Wildman–Crippen MR) is 76.4 cm³/mol. The molecule has 0 amide bonds. The van der Waals surface area contributed by atoms with E-state index in [-0.39, 0.29) is 6.10 Å². The molecule has 2 atom stereocenters. The molecule has 0 aliphatic rings. The van der Waals surface area contributed by atoms with Gasteiger partial charge in [0.05, 0.1) is 6.10 Å². The van der Waals surface area contributed by atoms with Gasteiger partial charge in [-0.1, -0.05) is 37.3 Å². The zero-order valence-corrected chi connectivity index (χ0v) is 11.5. The molecule has 0 aliphatic carbocycles. The van der Waals surface area contributed by atoms with Gasteiger partial charge in [0.2, 0.25) is 0 Å². The molecular formula is C14H23NOS. The van der Waals surface area contributed by atoms with Crippen molar-refractivity contribution in [1.29, 1.82) is 0 Å². The molecule has 0 saturated heterocycles. The largest absolute Gasteiger partial charge is 0.392 e. The standard InChI is InChI=1S/C14H23NOS/c1-3-15-12(2)9-14(16)11-17-10-13-7-5-4-6-8-13/h4-8,12,14-16H,3,9-11H2,1-2H3. The van der Waals surface area contributed by atoms with E-state index in [1.54, 1.807) is 11.8 Å². The molecule has 0 saturated carbocycles. The van der Waals surface area contributed by atoms with Crippen LogP contribution >= 0.6 is 11.8 Å². The van der Waals surface area contributed by atoms with Gasteiger partial charge in [0.1, 0.15) is 0 Å². The molecule has 0 bridgehead atoms. The SMILES string of the molecule is CCNC(C)CC(O)CSCc1ccccc1. The number of thioether (sulfide) groups is 1. The quantitative estimate of drug-likeness (QED) is 0.747. The molecule has 3 heteroatoms. The molecule has 0 aromatic heterocycles. The van der Waals surface area contributed by atoms with Crippen molar-refractivity contribution in [1.82, 2.24) is 5.32 Å². The van der Waals surface area contributed by atoms with E-state index in [1.807, 2.05) is 6.07 Å². The zero-order chi connectivity index (χ0) is 12.5. The van der Waals surface area contributed by atoms with Crippen LogP contribution in [0.5, 0.6) is 0 Å². The summed E-state index contributed by atoms with van der Waals surface area (Å²) in [5.41, 5.74) is 1.32. The van der Waals surface area contributed by atoms with Crippen molar-refractivity contribution in [2.45, 2.75) is 38.2 Å². The first-order valence-electron chi connectivity index (χ1n) is 6.25. The molecule has 96 valence electrons. The van der Waals surface area contributed by atoms with Crippen LogP contribution in [0, 0.1) is 0 Å². The van der Waals surface area contributed by atoms with Gasteiger partial charge >= 0.3 is 0 Å². The number of rotatable bonds is 8. The Labute approximate surface area is 109 Å². The van der Waals surface area contributed by atoms with E-state index in [1.165, 1.54) is 5.56 Å². The monoisotopic (exact) mass is 253 g/mol. The average Bonchev–Trinajstić information content (AvgIpc) is 2.30. The van der Waals surface area contributed by atoms with Crippen LogP contribution in [-0.4, -0.2) is 29.5 Å². The zero-order valence-electron chi connectivity index (χ0n) is 10.7. The summed E-state index contributed by atoms with van der Waals surface area (Å²) < 4.78 is 0. The van der Waals surface area contributed by atoms with Crippen molar-refractivity contribution in [2.24, 2.45) is 0 Å². The minimum Gasteiger partial charge on any atom is -0.392 e. The minimum absolute atomic E-state index is 0.210. The Morgan fingerprint density at radius 1 is 1.29 bits per heavy atom. The topological polar surface area (TPSA) is 32.3 Å². The van der Waals surface area contributed by atoms with Crippen molar-refractivity contribution >= 4 is 11.8 Å². The van der Waals surface area contributed by atoms with Crippen LogP contribution < -0.4 is 5.32 Å². The third-order valence-electron chi connectivity index (χ3n) is 2.60. The lowest BCUT2D eigenvalue weighted by Gasteiger charge is -2.16.